The summed E-state index contributed by atoms with van der Waals surface area (Å²) in [5.74, 6) is -2.90. The summed E-state index contributed by atoms with van der Waals surface area (Å²) in [6, 6.07) is 0. The fraction of sp³-hybridized carbons (Fsp3) is 0.875. The molecule has 1 fully saturated rings. The molecule has 0 amide bonds. The largest absolute Gasteiger partial charge is 0.508 e. The van der Waals surface area contributed by atoms with Gasteiger partial charge in [-0.3, -0.25) is 0 Å². The van der Waals surface area contributed by atoms with Crippen molar-refractivity contribution in [1.82, 2.24) is 0 Å². The van der Waals surface area contributed by atoms with E-state index in [1.807, 2.05) is 0 Å². The minimum Gasteiger partial charge on any atom is -0.438 e. The summed E-state index contributed by atoms with van der Waals surface area (Å²) < 4.78 is 34.7. The van der Waals surface area contributed by atoms with Gasteiger partial charge in [0.1, 0.15) is 0 Å². The molecule has 0 aromatic rings. The Labute approximate surface area is 75.0 Å². The number of ether oxygens (including phenoxy) is 2. The molecule has 0 aromatic heterocycles. The zero-order valence-corrected chi connectivity index (χ0v) is 7.39. The number of rotatable bonds is 1. The number of hydrogen-bond acceptors (Lipinski definition) is 3. The molecule has 0 heterocycles. The Morgan fingerprint density at radius 2 is 2.15 bits per heavy atom. The molecule has 0 spiro atoms. The van der Waals surface area contributed by atoms with Gasteiger partial charge in [0.25, 0.3) is 5.92 Å². The van der Waals surface area contributed by atoms with Crippen LogP contribution >= 0.6 is 0 Å². The Hall–Kier alpha value is -0.870. The monoisotopic (exact) mass is 194 g/mol. The van der Waals surface area contributed by atoms with E-state index in [-0.39, 0.29) is 12.8 Å². The standard InChI is InChI=1S/C8H12F2O3/c1-12-7(11)13-6-4-2-3-5-8(6,9)10/h6H,2-5H2,1H3. The third-order valence-electron chi connectivity index (χ3n) is 2.10. The van der Waals surface area contributed by atoms with E-state index in [0.717, 1.165) is 7.11 Å². The average Bonchev–Trinajstić information content (AvgIpc) is 2.08. The zero-order valence-electron chi connectivity index (χ0n) is 7.39. The summed E-state index contributed by atoms with van der Waals surface area (Å²) in [4.78, 5) is 10.6. The zero-order chi connectivity index (χ0) is 9.90. The van der Waals surface area contributed by atoms with Gasteiger partial charge >= 0.3 is 6.16 Å². The van der Waals surface area contributed by atoms with E-state index in [1.165, 1.54) is 0 Å². The lowest BCUT2D eigenvalue weighted by Gasteiger charge is -2.29. The number of halogens is 2. The van der Waals surface area contributed by atoms with Gasteiger partial charge in [-0.1, -0.05) is 0 Å². The van der Waals surface area contributed by atoms with Crippen LogP contribution in [0.15, 0.2) is 0 Å². The molecule has 0 aliphatic heterocycles. The second kappa shape index (κ2) is 3.89. The molecule has 1 aliphatic carbocycles. The van der Waals surface area contributed by atoms with E-state index in [9.17, 15) is 13.6 Å². The first-order chi connectivity index (χ1) is 6.06. The van der Waals surface area contributed by atoms with Crippen molar-refractivity contribution >= 4 is 6.16 Å². The highest BCUT2D eigenvalue weighted by atomic mass is 19.3. The normalized spacial score (nSPS) is 26.5. The maximum absolute atomic E-state index is 13.0. The molecular weight excluding hydrogens is 182 g/mol. The molecule has 0 saturated heterocycles. The van der Waals surface area contributed by atoms with Crippen molar-refractivity contribution in [3.63, 3.8) is 0 Å². The molecule has 1 atom stereocenters. The Balaban J connectivity index is 2.51. The summed E-state index contributed by atoms with van der Waals surface area (Å²) in [6.45, 7) is 0. The molecule has 1 aliphatic rings. The number of carbonyl (C=O) groups is 1. The van der Waals surface area contributed by atoms with Crippen molar-refractivity contribution in [2.24, 2.45) is 0 Å². The van der Waals surface area contributed by atoms with E-state index in [0.29, 0.717) is 12.8 Å². The summed E-state index contributed by atoms with van der Waals surface area (Å²) in [5, 5.41) is 0. The fourth-order valence-corrected chi connectivity index (χ4v) is 1.37. The molecular formula is C8H12F2O3. The molecule has 3 nitrogen and oxygen atoms in total. The van der Waals surface area contributed by atoms with Crippen molar-refractivity contribution < 1.29 is 23.0 Å². The maximum atomic E-state index is 13.0. The first-order valence-corrected chi connectivity index (χ1v) is 4.18. The van der Waals surface area contributed by atoms with Crippen molar-refractivity contribution in [2.75, 3.05) is 7.11 Å². The SMILES string of the molecule is COC(=O)OC1CCCCC1(F)F. The van der Waals surface area contributed by atoms with Crippen LogP contribution in [-0.2, 0) is 9.47 Å². The fourth-order valence-electron chi connectivity index (χ4n) is 1.37. The van der Waals surface area contributed by atoms with Crippen LogP contribution in [0.2, 0.25) is 0 Å². The van der Waals surface area contributed by atoms with Gasteiger partial charge in [0.05, 0.1) is 7.11 Å². The van der Waals surface area contributed by atoms with Crippen LogP contribution in [0, 0.1) is 0 Å². The molecule has 13 heavy (non-hydrogen) atoms. The quantitative estimate of drug-likeness (QED) is 0.601. The molecule has 0 N–H and O–H groups in total. The van der Waals surface area contributed by atoms with Crippen LogP contribution in [0.3, 0.4) is 0 Å². The van der Waals surface area contributed by atoms with Crippen molar-refractivity contribution in [2.45, 2.75) is 37.7 Å². The third kappa shape index (κ3) is 2.54. The predicted octanol–water partition coefficient (Wildman–Crippen LogP) is 2.35. The first kappa shape index (κ1) is 10.2. The lowest BCUT2D eigenvalue weighted by Crippen LogP contribution is -2.40. The molecule has 1 unspecified atom stereocenters. The Bertz CT molecular complexity index is 194. The predicted molar refractivity (Wildman–Crippen MR) is 40.7 cm³/mol. The second-order valence-corrected chi connectivity index (χ2v) is 3.07. The van der Waals surface area contributed by atoms with Crippen LogP contribution < -0.4 is 0 Å². The second-order valence-electron chi connectivity index (χ2n) is 3.07. The molecule has 76 valence electrons. The van der Waals surface area contributed by atoms with Gasteiger partial charge < -0.3 is 9.47 Å². The number of alkyl halides is 2. The lowest BCUT2D eigenvalue weighted by molar-refractivity contribution is -0.141. The van der Waals surface area contributed by atoms with Crippen LogP contribution in [0.4, 0.5) is 13.6 Å². The van der Waals surface area contributed by atoms with Crippen LogP contribution in [0.25, 0.3) is 0 Å². The topological polar surface area (TPSA) is 35.5 Å². The van der Waals surface area contributed by atoms with E-state index < -0.39 is 18.2 Å². The number of hydrogen-bond donors (Lipinski definition) is 0. The Morgan fingerprint density at radius 3 is 2.69 bits per heavy atom. The van der Waals surface area contributed by atoms with Crippen LogP contribution in [0.5, 0.6) is 0 Å². The van der Waals surface area contributed by atoms with E-state index in [2.05, 4.69) is 9.47 Å². The van der Waals surface area contributed by atoms with Gasteiger partial charge in [-0.15, -0.1) is 0 Å². The molecule has 1 rings (SSSR count). The van der Waals surface area contributed by atoms with E-state index in [1.54, 1.807) is 0 Å². The summed E-state index contributed by atoms with van der Waals surface area (Å²) >= 11 is 0. The third-order valence-corrected chi connectivity index (χ3v) is 2.10. The average molecular weight is 194 g/mol. The number of carbonyl (C=O) groups excluding carboxylic acids is 1. The van der Waals surface area contributed by atoms with Crippen molar-refractivity contribution in [3.8, 4) is 0 Å². The smallest absolute Gasteiger partial charge is 0.438 e. The summed E-state index contributed by atoms with van der Waals surface area (Å²) in [5.41, 5.74) is 0. The van der Waals surface area contributed by atoms with E-state index in [4.69, 9.17) is 0 Å². The van der Waals surface area contributed by atoms with Crippen molar-refractivity contribution in [1.29, 1.82) is 0 Å². The minimum absolute atomic E-state index is 0.210. The van der Waals surface area contributed by atoms with Crippen molar-refractivity contribution in [3.05, 3.63) is 0 Å². The molecule has 0 bridgehead atoms. The maximum Gasteiger partial charge on any atom is 0.508 e. The van der Waals surface area contributed by atoms with Gasteiger partial charge in [-0.2, -0.15) is 0 Å². The van der Waals surface area contributed by atoms with E-state index >= 15 is 0 Å². The van der Waals surface area contributed by atoms with Crippen LogP contribution in [-0.4, -0.2) is 25.3 Å². The lowest BCUT2D eigenvalue weighted by atomic mass is 9.94. The van der Waals surface area contributed by atoms with Gasteiger partial charge in [-0.25, -0.2) is 13.6 Å². The minimum atomic E-state index is -2.90. The Kier molecular flexibility index (Phi) is 3.06. The number of methoxy groups -OCH3 is 1. The summed E-state index contributed by atoms with van der Waals surface area (Å²) in [7, 11) is 1.10. The molecule has 5 heteroatoms. The van der Waals surface area contributed by atoms with Gasteiger partial charge in [0.15, 0.2) is 6.10 Å². The van der Waals surface area contributed by atoms with Crippen LogP contribution in [0.1, 0.15) is 25.7 Å². The molecule has 0 aromatic carbocycles. The van der Waals surface area contributed by atoms with Gasteiger partial charge in [0.2, 0.25) is 0 Å². The van der Waals surface area contributed by atoms with Gasteiger partial charge in [-0.05, 0) is 19.3 Å². The summed E-state index contributed by atoms with van der Waals surface area (Å²) in [6.07, 6.45) is -1.21. The Morgan fingerprint density at radius 1 is 1.46 bits per heavy atom. The highest BCUT2D eigenvalue weighted by molar-refractivity contribution is 5.59. The first-order valence-electron chi connectivity index (χ1n) is 4.18. The highest BCUT2D eigenvalue weighted by Gasteiger charge is 2.44. The van der Waals surface area contributed by atoms with Gasteiger partial charge in [0, 0.05) is 6.42 Å². The highest BCUT2D eigenvalue weighted by Crippen LogP contribution is 2.35. The molecule has 1 saturated carbocycles. The molecule has 0 radical (unpaired) electrons.